The lowest BCUT2D eigenvalue weighted by Gasteiger charge is -2.21. The lowest BCUT2D eigenvalue weighted by Crippen LogP contribution is -2.28. The zero-order valence-electron chi connectivity index (χ0n) is 14.5. The molecule has 0 saturated carbocycles. The largest absolute Gasteiger partial charge is 0.395 e. The molecule has 0 aliphatic rings. The molecule has 4 nitrogen and oxygen atoms in total. The van der Waals surface area contributed by atoms with E-state index in [9.17, 15) is 5.11 Å². The standard InChI is InChI=1S/C20H24ClN3O/c1-2-10-23(11-12-25)15-20-22-18-13-17(21)8-9-19(18)24(20)14-16-6-4-3-5-7-16/h3-9,13,25H,2,10-12,14-15H2,1H3. The van der Waals surface area contributed by atoms with Gasteiger partial charge >= 0.3 is 0 Å². The van der Waals surface area contributed by atoms with E-state index in [2.05, 4.69) is 40.7 Å². The third-order valence-electron chi connectivity index (χ3n) is 4.29. The van der Waals surface area contributed by atoms with Gasteiger partial charge < -0.3 is 9.67 Å². The fraction of sp³-hybridized carbons (Fsp3) is 0.350. The molecule has 25 heavy (non-hydrogen) atoms. The molecule has 0 saturated heterocycles. The van der Waals surface area contributed by atoms with Gasteiger partial charge in [-0.3, -0.25) is 4.90 Å². The van der Waals surface area contributed by atoms with Crippen LogP contribution in [0.4, 0.5) is 0 Å². The summed E-state index contributed by atoms with van der Waals surface area (Å²) in [5.74, 6) is 1.00. The molecule has 0 bridgehead atoms. The zero-order chi connectivity index (χ0) is 17.6. The number of aliphatic hydroxyl groups excluding tert-OH is 1. The molecule has 2 aromatic carbocycles. The van der Waals surface area contributed by atoms with Crippen LogP contribution in [0.25, 0.3) is 11.0 Å². The minimum atomic E-state index is 0.157. The predicted octanol–water partition coefficient (Wildman–Crippen LogP) is 3.94. The average molecular weight is 358 g/mol. The molecule has 0 unspecified atom stereocenters. The predicted molar refractivity (Wildman–Crippen MR) is 103 cm³/mol. The first kappa shape index (κ1) is 17.9. The maximum Gasteiger partial charge on any atom is 0.124 e. The van der Waals surface area contributed by atoms with E-state index < -0.39 is 0 Å². The summed E-state index contributed by atoms with van der Waals surface area (Å²) < 4.78 is 2.25. The van der Waals surface area contributed by atoms with Gasteiger partial charge in [-0.15, -0.1) is 0 Å². The van der Waals surface area contributed by atoms with Gasteiger partial charge in [0.1, 0.15) is 5.82 Å². The Kier molecular flexibility index (Phi) is 6.08. The van der Waals surface area contributed by atoms with Gasteiger partial charge in [-0.1, -0.05) is 48.9 Å². The number of halogens is 1. The quantitative estimate of drug-likeness (QED) is 0.663. The first-order valence-electron chi connectivity index (χ1n) is 8.73. The lowest BCUT2D eigenvalue weighted by molar-refractivity contribution is 0.186. The summed E-state index contributed by atoms with van der Waals surface area (Å²) in [6.07, 6.45) is 1.05. The van der Waals surface area contributed by atoms with Gasteiger partial charge in [0, 0.05) is 18.1 Å². The van der Waals surface area contributed by atoms with E-state index in [0.717, 1.165) is 36.4 Å². The molecule has 3 rings (SSSR count). The summed E-state index contributed by atoms with van der Waals surface area (Å²) in [6.45, 7) is 5.39. The highest BCUT2D eigenvalue weighted by Crippen LogP contribution is 2.22. The van der Waals surface area contributed by atoms with Gasteiger partial charge in [0.05, 0.1) is 24.2 Å². The summed E-state index contributed by atoms with van der Waals surface area (Å²) in [5.41, 5.74) is 3.24. The molecule has 1 N–H and O–H groups in total. The molecule has 0 aliphatic heterocycles. The summed E-state index contributed by atoms with van der Waals surface area (Å²) >= 11 is 6.15. The number of aliphatic hydroxyl groups is 1. The topological polar surface area (TPSA) is 41.3 Å². The number of imidazole rings is 1. The number of hydrogen-bond acceptors (Lipinski definition) is 3. The highest BCUT2D eigenvalue weighted by molar-refractivity contribution is 6.31. The van der Waals surface area contributed by atoms with Crippen LogP contribution in [0.5, 0.6) is 0 Å². The Labute approximate surface area is 153 Å². The van der Waals surface area contributed by atoms with E-state index in [1.165, 1.54) is 5.56 Å². The Hall–Kier alpha value is -1.88. The Morgan fingerprint density at radius 3 is 2.64 bits per heavy atom. The number of nitrogens with zero attached hydrogens (tertiary/aromatic N) is 3. The normalized spacial score (nSPS) is 11.5. The van der Waals surface area contributed by atoms with Crippen LogP contribution in [0.15, 0.2) is 48.5 Å². The highest BCUT2D eigenvalue weighted by Gasteiger charge is 2.14. The van der Waals surface area contributed by atoms with Crippen LogP contribution in [0, 0.1) is 0 Å². The van der Waals surface area contributed by atoms with Crippen molar-refractivity contribution in [1.29, 1.82) is 0 Å². The first-order valence-corrected chi connectivity index (χ1v) is 9.11. The molecule has 0 aliphatic carbocycles. The maximum atomic E-state index is 9.34. The summed E-state index contributed by atoms with van der Waals surface area (Å²) in [7, 11) is 0. The fourth-order valence-corrected chi connectivity index (χ4v) is 3.31. The summed E-state index contributed by atoms with van der Waals surface area (Å²) in [5, 5.41) is 10.0. The summed E-state index contributed by atoms with van der Waals surface area (Å²) in [4.78, 5) is 7.07. The van der Waals surface area contributed by atoms with Crippen molar-refractivity contribution in [3.05, 3.63) is 64.9 Å². The minimum absolute atomic E-state index is 0.157. The van der Waals surface area contributed by atoms with E-state index in [1.807, 2.05) is 24.3 Å². The third kappa shape index (κ3) is 4.40. The Morgan fingerprint density at radius 2 is 1.92 bits per heavy atom. The van der Waals surface area contributed by atoms with Gasteiger partial charge in [-0.25, -0.2) is 4.98 Å². The molecule has 5 heteroatoms. The first-order chi connectivity index (χ1) is 12.2. The molecular formula is C20H24ClN3O. The van der Waals surface area contributed by atoms with Crippen LogP contribution in [-0.4, -0.2) is 39.3 Å². The fourth-order valence-electron chi connectivity index (χ4n) is 3.14. The molecule has 0 amide bonds. The number of rotatable bonds is 8. The minimum Gasteiger partial charge on any atom is -0.395 e. The maximum absolute atomic E-state index is 9.34. The van der Waals surface area contributed by atoms with Crippen molar-refractivity contribution in [1.82, 2.24) is 14.5 Å². The van der Waals surface area contributed by atoms with Crippen molar-refractivity contribution in [2.45, 2.75) is 26.4 Å². The van der Waals surface area contributed by atoms with Crippen LogP contribution in [0.1, 0.15) is 24.7 Å². The molecule has 3 aromatic rings. The van der Waals surface area contributed by atoms with Crippen molar-refractivity contribution < 1.29 is 5.11 Å². The van der Waals surface area contributed by atoms with Gasteiger partial charge in [0.15, 0.2) is 0 Å². The number of fused-ring (bicyclic) bond motifs is 1. The summed E-state index contributed by atoms with van der Waals surface area (Å²) in [6, 6.07) is 16.3. The smallest absolute Gasteiger partial charge is 0.124 e. The van der Waals surface area contributed by atoms with Crippen LogP contribution in [0.2, 0.25) is 5.02 Å². The molecule has 1 heterocycles. The van der Waals surface area contributed by atoms with Crippen molar-refractivity contribution in [3.63, 3.8) is 0 Å². The molecule has 0 radical (unpaired) electrons. The Balaban J connectivity index is 1.98. The lowest BCUT2D eigenvalue weighted by atomic mass is 10.2. The van der Waals surface area contributed by atoms with E-state index in [-0.39, 0.29) is 6.61 Å². The zero-order valence-corrected chi connectivity index (χ0v) is 15.3. The second-order valence-corrected chi connectivity index (χ2v) is 6.67. The molecule has 1 aromatic heterocycles. The highest BCUT2D eigenvalue weighted by atomic mass is 35.5. The number of hydrogen-bond donors (Lipinski definition) is 1. The number of aromatic nitrogens is 2. The van der Waals surface area contributed by atoms with E-state index in [4.69, 9.17) is 16.6 Å². The van der Waals surface area contributed by atoms with Crippen molar-refractivity contribution in [2.75, 3.05) is 19.7 Å². The molecule has 0 atom stereocenters. The van der Waals surface area contributed by atoms with Gasteiger partial charge in [-0.2, -0.15) is 0 Å². The Morgan fingerprint density at radius 1 is 1.12 bits per heavy atom. The number of benzene rings is 2. The van der Waals surface area contributed by atoms with Crippen LogP contribution in [0.3, 0.4) is 0 Å². The molecule has 0 spiro atoms. The average Bonchev–Trinajstić information content (AvgIpc) is 2.92. The van der Waals surface area contributed by atoms with Crippen LogP contribution >= 0.6 is 11.6 Å². The second kappa shape index (κ2) is 8.48. The van der Waals surface area contributed by atoms with Crippen molar-refractivity contribution in [3.8, 4) is 0 Å². The van der Waals surface area contributed by atoms with Gasteiger partial charge in [-0.05, 0) is 36.7 Å². The van der Waals surface area contributed by atoms with Gasteiger partial charge in [0.2, 0.25) is 0 Å². The van der Waals surface area contributed by atoms with Crippen molar-refractivity contribution in [2.24, 2.45) is 0 Å². The van der Waals surface area contributed by atoms with E-state index in [0.29, 0.717) is 18.1 Å². The second-order valence-electron chi connectivity index (χ2n) is 6.23. The van der Waals surface area contributed by atoms with E-state index >= 15 is 0 Å². The Bertz CT molecular complexity index is 810. The van der Waals surface area contributed by atoms with Gasteiger partial charge in [0.25, 0.3) is 0 Å². The molecule has 132 valence electrons. The van der Waals surface area contributed by atoms with Crippen molar-refractivity contribution >= 4 is 22.6 Å². The molecule has 0 fully saturated rings. The monoisotopic (exact) mass is 357 g/mol. The van der Waals surface area contributed by atoms with E-state index in [1.54, 1.807) is 0 Å². The van der Waals surface area contributed by atoms with Crippen LogP contribution in [-0.2, 0) is 13.1 Å². The SMILES string of the molecule is CCCN(CCO)Cc1nc2cc(Cl)ccc2n1Cc1ccccc1. The third-order valence-corrected chi connectivity index (χ3v) is 4.53. The molecular weight excluding hydrogens is 334 g/mol. The van der Waals surface area contributed by atoms with Crippen LogP contribution < -0.4 is 0 Å².